The van der Waals surface area contributed by atoms with E-state index < -0.39 is 32.0 Å². The molecule has 0 bridgehead atoms. The van der Waals surface area contributed by atoms with Crippen LogP contribution in [0.15, 0.2) is 28.0 Å². The van der Waals surface area contributed by atoms with Crippen molar-refractivity contribution in [3.8, 4) is 0 Å². The van der Waals surface area contributed by atoms with Gasteiger partial charge in [0.2, 0.25) is 0 Å². The van der Waals surface area contributed by atoms with Gasteiger partial charge >= 0.3 is 0 Å². The van der Waals surface area contributed by atoms with E-state index in [2.05, 4.69) is 5.10 Å². The molecule has 1 atom stereocenters. The Morgan fingerprint density at radius 2 is 2.00 bits per heavy atom. The molecule has 8 heteroatoms. The van der Waals surface area contributed by atoms with Crippen molar-refractivity contribution in [3.05, 3.63) is 50.9 Å². The van der Waals surface area contributed by atoms with Crippen LogP contribution in [0.2, 0.25) is 0 Å². The van der Waals surface area contributed by atoms with E-state index in [1.54, 1.807) is 27.7 Å². The highest BCUT2D eigenvalue weighted by atomic mass is 32.2. The molecule has 146 valence electrons. The van der Waals surface area contributed by atoms with Gasteiger partial charge in [0.15, 0.2) is 15.6 Å². The van der Waals surface area contributed by atoms with Gasteiger partial charge in [0, 0.05) is 31.0 Å². The standard InChI is InChI=1S/C19H24N2O5S/c1-6-21-18(23)13(10-20-21)17(22)12-7-8-15-16(11(12)2)14(26-5)9-19(3,4)27(15,24)25/h7-8,10,14,20H,6,9H2,1-5H3. The molecule has 2 aromatic rings. The number of aromatic nitrogens is 2. The van der Waals surface area contributed by atoms with Crippen LogP contribution in [0.5, 0.6) is 0 Å². The van der Waals surface area contributed by atoms with Gasteiger partial charge in [0.1, 0.15) is 5.56 Å². The largest absolute Gasteiger partial charge is 0.377 e. The molecule has 3 rings (SSSR count). The molecular weight excluding hydrogens is 368 g/mol. The maximum atomic E-state index is 13.0. The SMILES string of the molecule is CCn1[nH]cc(C(=O)c2ccc3c(c2C)C(OC)CC(C)(C)S3(=O)=O)c1=O. The molecule has 1 aliphatic heterocycles. The van der Waals surface area contributed by atoms with Crippen LogP contribution < -0.4 is 5.56 Å². The van der Waals surface area contributed by atoms with Gasteiger partial charge < -0.3 is 9.84 Å². The van der Waals surface area contributed by atoms with Crippen molar-refractivity contribution in [2.24, 2.45) is 0 Å². The fourth-order valence-electron chi connectivity index (χ4n) is 3.69. The van der Waals surface area contributed by atoms with Gasteiger partial charge in [-0.2, -0.15) is 0 Å². The molecule has 27 heavy (non-hydrogen) atoms. The molecule has 1 aromatic heterocycles. The molecule has 0 saturated heterocycles. The van der Waals surface area contributed by atoms with Gasteiger partial charge in [-0.25, -0.2) is 8.42 Å². The lowest BCUT2D eigenvalue weighted by atomic mass is 9.90. The summed E-state index contributed by atoms with van der Waals surface area (Å²) in [4.78, 5) is 25.5. The Hall–Kier alpha value is -2.19. The smallest absolute Gasteiger partial charge is 0.277 e. The van der Waals surface area contributed by atoms with Crippen LogP contribution in [0.3, 0.4) is 0 Å². The van der Waals surface area contributed by atoms with Gasteiger partial charge in [0.25, 0.3) is 5.56 Å². The van der Waals surface area contributed by atoms with E-state index in [0.717, 1.165) is 0 Å². The quantitative estimate of drug-likeness (QED) is 0.806. The van der Waals surface area contributed by atoms with E-state index in [1.807, 2.05) is 0 Å². The van der Waals surface area contributed by atoms with E-state index in [0.29, 0.717) is 29.7 Å². The monoisotopic (exact) mass is 392 g/mol. The number of benzene rings is 1. The van der Waals surface area contributed by atoms with E-state index in [4.69, 9.17) is 4.74 Å². The maximum absolute atomic E-state index is 13.0. The Bertz CT molecular complexity index is 1080. The number of hydrogen-bond acceptors (Lipinski definition) is 5. The summed E-state index contributed by atoms with van der Waals surface area (Å²) in [7, 11) is -2.03. The fourth-order valence-corrected chi connectivity index (χ4v) is 5.48. The van der Waals surface area contributed by atoms with Crippen LogP contribution in [-0.2, 0) is 21.1 Å². The Morgan fingerprint density at radius 3 is 2.56 bits per heavy atom. The molecule has 1 unspecified atom stereocenters. The Labute approximate surface area is 158 Å². The summed E-state index contributed by atoms with van der Waals surface area (Å²) in [5.41, 5.74) is 0.996. The van der Waals surface area contributed by atoms with Crippen LogP contribution in [0.25, 0.3) is 0 Å². The summed E-state index contributed by atoms with van der Waals surface area (Å²) >= 11 is 0. The average molecular weight is 392 g/mol. The van der Waals surface area contributed by atoms with Gasteiger partial charge in [-0.1, -0.05) is 0 Å². The van der Waals surface area contributed by atoms with E-state index in [1.165, 1.54) is 30.1 Å². The van der Waals surface area contributed by atoms with Crippen LogP contribution in [0, 0.1) is 6.92 Å². The lowest BCUT2D eigenvalue weighted by Gasteiger charge is -2.37. The normalized spacial score (nSPS) is 20.3. The summed E-state index contributed by atoms with van der Waals surface area (Å²) < 4.78 is 31.9. The first-order valence-corrected chi connectivity index (χ1v) is 10.3. The van der Waals surface area contributed by atoms with Crippen LogP contribution in [-0.4, -0.2) is 35.8 Å². The topological polar surface area (TPSA) is 98.2 Å². The second-order valence-electron chi connectivity index (χ2n) is 7.41. The summed E-state index contributed by atoms with van der Waals surface area (Å²) in [5, 5.41) is 2.76. The number of fused-ring (bicyclic) bond motifs is 1. The number of carbonyl (C=O) groups excluding carboxylic acids is 1. The zero-order chi connectivity index (χ0) is 20.1. The van der Waals surface area contributed by atoms with Crippen LogP contribution in [0.1, 0.15) is 60.3 Å². The Morgan fingerprint density at radius 1 is 1.33 bits per heavy atom. The molecular formula is C19H24N2O5S. The minimum absolute atomic E-state index is 0.0351. The number of ether oxygens (including phenoxy) is 1. The number of ketones is 1. The van der Waals surface area contributed by atoms with E-state index >= 15 is 0 Å². The third-order valence-corrected chi connectivity index (χ3v) is 7.98. The molecule has 0 amide bonds. The number of hydrogen-bond donors (Lipinski definition) is 1. The lowest BCUT2D eigenvalue weighted by Crippen LogP contribution is -2.39. The molecule has 0 spiro atoms. The number of sulfone groups is 1. The second-order valence-corrected chi connectivity index (χ2v) is 9.96. The minimum atomic E-state index is -3.56. The fraction of sp³-hybridized carbons (Fsp3) is 0.474. The molecule has 0 aliphatic carbocycles. The number of methoxy groups -OCH3 is 1. The van der Waals surface area contributed by atoms with Gasteiger partial charge in [0.05, 0.1) is 15.7 Å². The Balaban J connectivity index is 2.21. The first-order valence-electron chi connectivity index (χ1n) is 8.80. The van der Waals surface area contributed by atoms with Crippen molar-refractivity contribution in [3.63, 3.8) is 0 Å². The van der Waals surface area contributed by atoms with Crippen molar-refractivity contribution in [2.45, 2.75) is 56.4 Å². The van der Waals surface area contributed by atoms with E-state index in [-0.39, 0.29) is 10.5 Å². The molecule has 0 radical (unpaired) electrons. The average Bonchev–Trinajstić information content (AvgIpc) is 2.98. The van der Waals surface area contributed by atoms with Gasteiger partial charge in [-0.15, -0.1) is 0 Å². The molecule has 0 fully saturated rings. The number of aromatic amines is 1. The molecule has 2 heterocycles. The van der Waals surface area contributed by atoms with Crippen molar-refractivity contribution in [1.82, 2.24) is 9.78 Å². The van der Waals surface area contributed by atoms with Crippen molar-refractivity contribution in [1.29, 1.82) is 0 Å². The lowest BCUT2D eigenvalue weighted by molar-refractivity contribution is 0.0814. The van der Waals surface area contributed by atoms with Gasteiger partial charge in [-0.3, -0.25) is 14.3 Å². The van der Waals surface area contributed by atoms with Crippen molar-refractivity contribution >= 4 is 15.6 Å². The first-order chi connectivity index (χ1) is 12.6. The number of aryl methyl sites for hydroxylation is 1. The zero-order valence-electron chi connectivity index (χ0n) is 16.1. The van der Waals surface area contributed by atoms with E-state index in [9.17, 15) is 18.0 Å². The van der Waals surface area contributed by atoms with Crippen molar-refractivity contribution in [2.75, 3.05) is 7.11 Å². The molecule has 1 aliphatic rings. The minimum Gasteiger partial charge on any atom is -0.377 e. The maximum Gasteiger partial charge on any atom is 0.277 e. The highest BCUT2D eigenvalue weighted by Gasteiger charge is 2.46. The number of H-pyrrole nitrogens is 1. The highest BCUT2D eigenvalue weighted by Crippen LogP contribution is 2.45. The predicted molar refractivity (Wildman–Crippen MR) is 101 cm³/mol. The number of nitrogens with one attached hydrogen (secondary N) is 1. The van der Waals surface area contributed by atoms with Gasteiger partial charge in [-0.05, 0) is 51.8 Å². The number of carbonyl (C=O) groups is 1. The third kappa shape index (κ3) is 2.78. The second kappa shape index (κ2) is 6.45. The molecule has 1 aromatic carbocycles. The predicted octanol–water partition coefficient (Wildman–Crippen LogP) is 2.38. The molecule has 1 N–H and O–H groups in total. The summed E-state index contributed by atoms with van der Waals surface area (Å²) in [6.45, 7) is 7.29. The zero-order valence-corrected chi connectivity index (χ0v) is 16.9. The van der Waals surface area contributed by atoms with Crippen LogP contribution in [0.4, 0.5) is 0 Å². The molecule has 0 saturated carbocycles. The third-order valence-electron chi connectivity index (χ3n) is 5.42. The number of rotatable bonds is 4. The Kier molecular flexibility index (Phi) is 4.68. The van der Waals surface area contributed by atoms with Crippen LogP contribution >= 0.6 is 0 Å². The van der Waals surface area contributed by atoms with Crippen molar-refractivity contribution < 1.29 is 17.9 Å². The highest BCUT2D eigenvalue weighted by molar-refractivity contribution is 7.93. The molecule has 7 nitrogen and oxygen atoms in total. The summed E-state index contributed by atoms with van der Waals surface area (Å²) in [6, 6.07) is 2.95. The summed E-state index contributed by atoms with van der Waals surface area (Å²) in [6.07, 6.45) is 1.25. The first kappa shape index (κ1) is 19.6. The number of nitrogens with zero attached hydrogens (tertiary/aromatic N) is 1. The summed E-state index contributed by atoms with van der Waals surface area (Å²) in [5.74, 6) is -0.430.